The van der Waals surface area contributed by atoms with Crippen LogP contribution < -0.4 is 5.43 Å². The molecular weight excluding hydrogens is 420 g/mol. The zero-order chi connectivity index (χ0) is 20.9. The summed E-state index contributed by atoms with van der Waals surface area (Å²) in [5.74, 6) is 0.168. The number of halogens is 1. The molecular formula is C22H17ClN4O2S. The molecule has 0 aliphatic carbocycles. The van der Waals surface area contributed by atoms with E-state index in [2.05, 4.69) is 15.6 Å². The monoisotopic (exact) mass is 436 g/mol. The van der Waals surface area contributed by atoms with Gasteiger partial charge in [0.05, 0.1) is 18.2 Å². The predicted molar refractivity (Wildman–Crippen MR) is 120 cm³/mol. The average molecular weight is 437 g/mol. The highest BCUT2D eigenvalue weighted by molar-refractivity contribution is 7.98. The van der Waals surface area contributed by atoms with Crippen molar-refractivity contribution in [1.82, 2.24) is 15.2 Å². The minimum atomic E-state index is -0.396. The van der Waals surface area contributed by atoms with Gasteiger partial charge in [0, 0.05) is 16.0 Å². The molecule has 30 heavy (non-hydrogen) atoms. The van der Waals surface area contributed by atoms with Crippen LogP contribution in [0.1, 0.15) is 16.1 Å². The van der Waals surface area contributed by atoms with Crippen molar-refractivity contribution < 1.29 is 9.21 Å². The van der Waals surface area contributed by atoms with E-state index in [1.807, 2.05) is 30.5 Å². The number of hydrogen-bond acceptors (Lipinski definition) is 5. The second-order valence-electron chi connectivity index (χ2n) is 6.25. The third kappa shape index (κ3) is 4.48. The molecule has 4 rings (SSSR count). The second-order valence-corrected chi connectivity index (χ2v) is 7.57. The Kier molecular flexibility index (Phi) is 6.02. The summed E-state index contributed by atoms with van der Waals surface area (Å²) in [7, 11) is 0. The van der Waals surface area contributed by atoms with Crippen molar-refractivity contribution in [3.8, 4) is 17.1 Å². The Morgan fingerprint density at radius 2 is 1.93 bits per heavy atom. The van der Waals surface area contributed by atoms with E-state index in [-0.39, 0.29) is 0 Å². The Balaban J connectivity index is 1.60. The van der Waals surface area contributed by atoms with Crippen LogP contribution in [0.15, 0.2) is 87.4 Å². The van der Waals surface area contributed by atoms with Gasteiger partial charge in [0.25, 0.3) is 5.91 Å². The summed E-state index contributed by atoms with van der Waals surface area (Å²) in [6.07, 6.45) is 5.17. The first kappa shape index (κ1) is 20.0. The molecule has 0 spiro atoms. The molecule has 0 bridgehead atoms. The number of furan rings is 1. The smallest absolute Gasteiger partial charge is 0.290 e. The number of amides is 1. The second kappa shape index (κ2) is 9.02. The van der Waals surface area contributed by atoms with Crippen molar-refractivity contribution in [2.45, 2.75) is 4.90 Å². The maximum Gasteiger partial charge on any atom is 0.290 e. The summed E-state index contributed by atoms with van der Waals surface area (Å²) >= 11 is 7.65. The zero-order valence-electron chi connectivity index (χ0n) is 15.9. The molecule has 8 heteroatoms. The molecule has 0 saturated carbocycles. The number of nitrogens with one attached hydrogen (secondary N) is 1. The van der Waals surface area contributed by atoms with Gasteiger partial charge >= 0.3 is 0 Å². The Morgan fingerprint density at radius 1 is 1.17 bits per heavy atom. The van der Waals surface area contributed by atoms with Gasteiger partial charge in [0.1, 0.15) is 11.4 Å². The fraction of sp³-hybridized carbons (Fsp3) is 0.0455. The molecule has 6 nitrogen and oxygen atoms in total. The highest BCUT2D eigenvalue weighted by Gasteiger charge is 2.18. The molecule has 0 unspecified atom stereocenters. The number of hydrogen-bond donors (Lipinski definition) is 1. The van der Waals surface area contributed by atoms with Gasteiger partial charge in [-0.3, -0.25) is 4.79 Å². The van der Waals surface area contributed by atoms with Crippen LogP contribution >= 0.6 is 23.4 Å². The molecule has 0 saturated heterocycles. The van der Waals surface area contributed by atoms with Crippen molar-refractivity contribution in [3.05, 3.63) is 89.3 Å². The third-order valence-electron chi connectivity index (χ3n) is 4.28. The fourth-order valence-corrected chi connectivity index (χ4v) is 3.31. The van der Waals surface area contributed by atoms with Crippen molar-refractivity contribution >= 4 is 35.5 Å². The molecule has 0 radical (unpaired) electrons. The van der Waals surface area contributed by atoms with Gasteiger partial charge in [-0.25, -0.2) is 10.1 Å². The van der Waals surface area contributed by atoms with Crippen LogP contribution in [-0.2, 0) is 0 Å². The van der Waals surface area contributed by atoms with Gasteiger partial charge in [-0.15, -0.1) is 11.8 Å². The molecule has 2 aromatic heterocycles. The number of benzene rings is 2. The fourth-order valence-electron chi connectivity index (χ4n) is 2.78. The number of hydrazone groups is 1. The summed E-state index contributed by atoms with van der Waals surface area (Å²) in [6.45, 7) is 0. The maximum atomic E-state index is 12.8. The summed E-state index contributed by atoms with van der Waals surface area (Å²) < 4.78 is 6.95. The normalized spacial score (nSPS) is 11.1. The number of thioether (sulfide) groups is 1. The Morgan fingerprint density at radius 3 is 2.60 bits per heavy atom. The zero-order valence-corrected chi connectivity index (χ0v) is 17.5. The van der Waals surface area contributed by atoms with Crippen molar-refractivity contribution in [1.29, 1.82) is 0 Å². The summed E-state index contributed by atoms with van der Waals surface area (Å²) in [5.41, 5.74) is 5.00. The lowest BCUT2D eigenvalue weighted by Crippen LogP contribution is -2.21. The lowest BCUT2D eigenvalue weighted by atomic mass is 10.2. The summed E-state index contributed by atoms with van der Waals surface area (Å²) in [4.78, 5) is 14.0. The van der Waals surface area contributed by atoms with Crippen LogP contribution in [-0.4, -0.2) is 28.2 Å². The van der Waals surface area contributed by atoms with E-state index in [1.165, 1.54) is 4.68 Å². The standard InChI is InChI=1S/C22H17ClN4O2S/c1-30-18-10-4-15(5-11-18)14-24-25-22(28)20-13-19(21-3-2-12-29-21)26-27(20)17-8-6-16(23)7-9-17/h2-14H,1H3,(H,25,28)/b24-14+. The first-order chi connectivity index (χ1) is 14.6. The predicted octanol–water partition coefficient (Wildman–Crippen LogP) is 5.27. The number of carbonyl (C=O) groups is 1. The van der Waals surface area contributed by atoms with Gasteiger partial charge in [-0.2, -0.15) is 10.2 Å². The molecule has 1 N–H and O–H groups in total. The van der Waals surface area contributed by atoms with E-state index in [0.717, 1.165) is 10.5 Å². The van der Waals surface area contributed by atoms with E-state index >= 15 is 0 Å². The van der Waals surface area contributed by atoms with E-state index in [0.29, 0.717) is 27.9 Å². The number of aromatic nitrogens is 2. The summed E-state index contributed by atoms with van der Waals surface area (Å²) in [5, 5.41) is 9.20. The van der Waals surface area contributed by atoms with Gasteiger partial charge in [-0.1, -0.05) is 23.7 Å². The van der Waals surface area contributed by atoms with Gasteiger partial charge in [0.2, 0.25) is 0 Å². The number of nitrogens with zero attached hydrogens (tertiary/aromatic N) is 3. The van der Waals surface area contributed by atoms with Crippen LogP contribution in [0, 0.1) is 0 Å². The van der Waals surface area contributed by atoms with Crippen molar-refractivity contribution in [2.75, 3.05) is 6.26 Å². The molecule has 2 aromatic carbocycles. The Bertz CT molecular complexity index is 1170. The van der Waals surface area contributed by atoms with E-state index in [4.69, 9.17) is 16.0 Å². The maximum absolute atomic E-state index is 12.8. The first-order valence-electron chi connectivity index (χ1n) is 9.01. The Labute approximate surface area is 182 Å². The van der Waals surface area contributed by atoms with Crippen LogP contribution in [0.3, 0.4) is 0 Å². The third-order valence-corrected chi connectivity index (χ3v) is 5.28. The largest absolute Gasteiger partial charge is 0.463 e. The molecule has 2 heterocycles. The molecule has 0 fully saturated rings. The SMILES string of the molecule is CSc1ccc(/C=N/NC(=O)c2cc(-c3ccco3)nn2-c2ccc(Cl)cc2)cc1. The highest BCUT2D eigenvalue weighted by Crippen LogP contribution is 2.23. The topological polar surface area (TPSA) is 72.4 Å². The number of rotatable bonds is 6. The lowest BCUT2D eigenvalue weighted by molar-refractivity contribution is 0.0947. The first-order valence-corrected chi connectivity index (χ1v) is 10.6. The highest BCUT2D eigenvalue weighted by atomic mass is 35.5. The molecule has 0 aliphatic rings. The van der Waals surface area contributed by atoms with E-state index in [1.54, 1.807) is 66.7 Å². The van der Waals surface area contributed by atoms with Gasteiger partial charge in [-0.05, 0) is 60.4 Å². The molecule has 0 atom stereocenters. The quantitative estimate of drug-likeness (QED) is 0.254. The Hall–Kier alpha value is -3.29. The van der Waals surface area contributed by atoms with Gasteiger partial charge < -0.3 is 4.42 Å². The molecule has 4 aromatic rings. The van der Waals surface area contributed by atoms with Crippen LogP contribution in [0.25, 0.3) is 17.1 Å². The van der Waals surface area contributed by atoms with Crippen molar-refractivity contribution in [2.24, 2.45) is 5.10 Å². The van der Waals surface area contributed by atoms with Crippen LogP contribution in [0.2, 0.25) is 5.02 Å². The minimum absolute atomic E-state index is 0.318. The minimum Gasteiger partial charge on any atom is -0.463 e. The van der Waals surface area contributed by atoms with Crippen molar-refractivity contribution in [3.63, 3.8) is 0 Å². The number of carbonyl (C=O) groups excluding carboxylic acids is 1. The van der Waals surface area contributed by atoms with Crippen LogP contribution in [0.4, 0.5) is 0 Å². The summed E-state index contributed by atoms with van der Waals surface area (Å²) in [6, 6.07) is 20.1. The molecule has 150 valence electrons. The van der Waals surface area contributed by atoms with E-state index in [9.17, 15) is 4.79 Å². The lowest BCUT2D eigenvalue weighted by Gasteiger charge is -2.06. The molecule has 0 aliphatic heterocycles. The van der Waals surface area contributed by atoms with Gasteiger partial charge in [0.15, 0.2) is 5.76 Å². The molecule has 1 amide bonds. The average Bonchev–Trinajstić information content (AvgIpc) is 3.45. The van der Waals surface area contributed by atoms with E-state index < -0.39 is 5.91 Å². The van der Waals surface area contributed by atoms with Crippen LogP contribution in [0.5, 0.6) is 0 Å².